The summed E-state index contributed by atoms with van der Waals surface area (Å²) in [4.78, 5) is 20.0. The Morgan fingerprint density at radius 3 is 3.19 bits per heavy atom. The molecule has 3 heterocycles. The molecule has 0 aromatic carbocycles. The van der Waals surface area contributed by atoms with E-state index in [4.69, 9.17) is 0 Å². The maximum Gasteiger partial charge on any atom is 0.237 e. The van der Waals surface area contributed by atoms with Crippen LogP contribution < -0.4 is 10.6 Å². The summed E-state index contributed by atoms with van der Waals surface area (Å²) in [6, 6.07) is 0.0434. The average molecular weight is 308 g/mol. The highest BCUT2D eigenvalue weighted by molar-refractivity contribution is 7.09. The number of carbonyl (C=O) groups is 1. The van der Waals surface area contributed by atoms with Crippen LogP contribution in [0.15, 0.2) is 11.7 Å². The van der Waals surface area contributed by atoms with Gasteiger partial charge in [0.25, 0.3) is 0 Å². The van der Waals surface area contributed by atoms with Crippen molar-refractivity contribution in [1.82, 2.24) is 20.5 Å². The minimum absolute atomic E-state index is 0.0434. The van der Waals surface area contributed by atoms with Crippen molar-refractivity contribution >= 4 is 17.2 Å². The maximum absolute atomic E-state index is 12.0. The van der Waals surface area contributed by atoms with Crippen LogP contribution in [-0.4, -0.2) is 48.0 Å². The first-order valence-corrected chi connectivity index (χ1v) is 8.80. The summed E-state index contributed by atoms with van der Waals surface area (Å²) in [6.07, 6.45) is 6.50. The van der Waals surface area contributed by atoms with E-state index in [9.17, 15) is 4.79 Å². The van der Waals surface area contributed by atoms with Crippen molar-refractivity contribution in [3.63, 3.8) is 0 Å². The number of hydrogen-bond donors (Lipinski definition) is 2. The number of nitrogens with zero attached hydrogens (tertiary/aromatic N) is 2. The lowest BCUT2D eigenvalue weighted by atomic mass is 9.98. The van der Waals surface area contributed by atoms with Gasteiger partial charge in [0.05, 0.1) is 11.6 Å². The summed E-state index contributed by atoms with van der Waals surface area (Å²) in [5, 5.41) is 6.39. The van der Waals surface area contributed by atoms with Gasteiger partial charge >= 0.3 is 0 Å². The van der Waals surface area contributed by atoms with E-state index in [-0.39, 0.29) is 11.9 Å². The van der Waals surface area contributed by atoms with Crippen LogP contribution in [0.2, 0.25) is 0 Å². The smallest absolute Gasteiger partial charge is 0.237 e. The molecule has 0 bridgehead atoms. The van der Waals surface area contributed by atoms with Gasteiger partial charge in [0.1, 0.15) is 0 Å². The molecule has 2 aliphatic heterocycles. The first-order chi connectivity index (χ1) is 10.3. The number of likely N-dealkylation sites (tertiary alicyclic amines) is 1. The number of piperidine rings is 1. The van der Waals surface area contributed by atoms with Crippen LogP contribution in [0.3, 0.4) is 0 Å². The van der Waals surface area contributed by atoms with Crippen LogP contribution in [0.4, 0.5) is 0 Å². The Bertz CT molecular complexity index is 445. The van der Waals surface area contributed by atoms with E-state index in [1.165, 1.54) is 17.7 Å². The lowest BCUT2D eigenvalue weighted by molar-refractivity contribution is -0.123. The normalized spacial score (nSPS) is 26.9. The van der Waals surface area contributed by atoms with Gasteiger partial charge in [-0.1, -0.05) is 0 Å². The molecule has 2 unspecified atom stereocenters. The highest BCUT2D eigenvalue weighted by Gasteiger charge is 2.24. The standard InChI is InChI=1S/C15H24N4OS/c20-15(14-4-1-5-17-14)18-7-12-3-2-6-19(9-12)10-13-8-16-11-21-13/h8,11-12,14,17H,1-7,9-10H2,(H,18,20). The average Bonchev–Trinajstić information content (AvgIpc) is 3.18. The summed E-state index contributed by atoms with van der Waals surface area (Å²) >= 11 is 1.72. The predicted octanol–water partition coefficient (Wildman–Crippen LogP) is 1.22. The molecule has 1 aromatic heterocycles. The molecule has 6 heteroatoms. The fourth-order valence-electron chi connectivity index (χ4n) is 3.28. The molecule has 2 atom stereocenters. The van der Waals surface area contributed by atoms with Crippen molar-refractivity contribution in [2.75, 3.05) is 26.2 Å². The van der Waals surface area contributed by atoms with Gasteiger partial charge in [0.15, 0.2) is 0 Å². The van der Waals surface area contributed by atoms with Gasteiger partial charge in [-0.05, 0) is 44.7 Å². The number of amides is 1. The molecule has 2 N–H and O–H groups in total. The van der Waals surface area contributed by atoms with Crippen LogP contribution in [0.25, 0.3) is 0 Å². The SMILES string of the molecule is O=C(NCC1CCCN(Cc2cncs2)C1)C1CCCN1. The Balaban J connectivity index is 1.42. The Labute approximate surface area is 130 Å². The third kappa shape index (κ3) is 4.25. The molecule has 1 amide bonds. The summed E-state index contributed by atoms with van der Waals surface area (Å²) in [7, 11) is 0. The van der Waals surface area contributed by atoms with E-state index in [0.29, 0.717) is 5.92 Å². The molecule has 2 fully saturated rings. The van der Waals surface area contributed by atoms with Crippen LogP contribution in [0.1, 0.15) is 30.6 Å². The number of rotatable bonds is 5. The van der Waals surface area contributed by atoms with Crippen molar-refractivity contribution in [3.8, 4) is 0 Å². The van der Waals surface area contributed by atoms with Gasteiger partial charge in [-0.15, -0.1) is 11.3 Å². The van der Waals surface area contributed by atoms with E-state index >= 15 is 0 Å². The largest absolute Gasteiger partial charge is 0.354 e. The first kappa shape index (κ1) is 14.9. The Morgan fingerprint density at radius 2 is 2.43 bits per heavy atom. The maximum atomic E-state index is 12.0. The summed E-state index contributed by atoms with van der Waals surface area (Å²) in [5.74, 6) is 0.768. The van der Waals surface area contributed by atoms with Crippen molar-refractivity contribution in [2.45, 2.75) is 38.3 Å². The zero-order valence-corrected chi connectivity index (χ0v) is 13.2. The van der Waals surface area contributed by atoms with Crippen molar-refractivity contribution < 1.29 is 4.79 Å². The molecule has 116 valence electrons. The van der Waals surface area contributed by atoms with Crippen LogP contribution in [-0.2, 0) is 11.3 Å². The molecular formula is C15H24N4OS. The lowest BCUT2D eigenvalue weighted by Gasteiger charge is -2.32. The van der Waals surface area contributed by atoms with E-state index in [1.54, 1.807) is 11.3 Å². The third-order valence-electron chi connectivity index (χ3n) is 4.41. The fraction of sp³-hybridized carbons (Fsp3) is 0.733. The highest BCUT2D eigenvalue weighted by Crippen LogP contribution is 2.19. The Hall–Kier alpha value is -0.980. The second-order valence-electron chi connectivity index (χ2n) is 6.11. The van der Waals surface area contributed by atoms with E-state index in [0.717, 1.165) is 45.6 Å². The number of carbonyl (C=O) groups excluding carboxylic acids is 1. The van der Waals surface area contributed by atoms with E-state index in [2.05, 4.69) is 20.5 Å². The van der Waals surface area contributed by atoms with Gasteiger partial charge in [-0.2, -0.15) is 0 Å². The number of thiazole rings is 1. The van der Waals surface area contributed by atoms with Gasteiger partial charge in [0, 0.05) is 30.7 Å². The minimum Gasteiger partial charge on any atom is -0.354 e. The Morgan fingerprint density at radius 1 is 1.48 bits per heavy atom. The second-order valence-corrected chi connectivity index (χ2v) is 7.08. The van der Waals surface area contributed by atoms with Crippen molar-refractivity contribution in [2.24, 2.45) is 5.92 Å². The summed E-state index contributed by atoms with van der Waals surface area (Å²) in [6.45, 7) is 5.03. The molecule has 2 aliphatic rings. The van der Waals surface area contributed by atoms with Gasteiger partial charge < -0.3 is 10.6 Å². The highest BCUT2D eigenvalue weighted by atomic mass is 32.1. The quantitative estimate of drug-likeness (QED) is 0.859. The van der Waals surface area contributed by atoms with Gasteiger partial charge in [-0.25, -0.2) is 0 Å². The lowest BCUT2D eigenvalue weighted by Crippen LogP contribution is -2.45. The zero-order chi connectivity index (χ0) is 14.5. The van der Waals surface area contributed by atoms with Crippen molar-refractivity contribution in [1.29, 1.82) is 0 Å². The zero-order valence-electron chi connectivity index (χ0n) is 12.4. The summed E-state index contributed by atoms with van der Waals surface area (Å²) < 4.78 is 0. The first-order valence-electron chi connectivity index (χ1n) is 7.92. The van der Waals surface area contributed by atoms with Crippen LogP contribution >= 0.6 is 11.3 Å². The van der Waals surface area contributed by atoms with Crippen molar-refractivity contribution in [3.05, 3.63) is 16.6 Å². The van der Waals surface area contributed by atoms with Gasteiger partial charge in [-0.3, -0.25) is 14.7 Å². The van der Waals surface area contributed by atoms with Gasteiger partial charge in [0.2, 0.25) is 5.91 Å². The summed E-state index contributed by atoms with van der Waals surface area (Å²) in [5.41, 5.74) is 1.89. The molecule has 5 nitrogen and oxygen atoms in total. The predicted molar refractivity (Wildman–Crippen MR) is 84.1 cm³/mol. The van der Waals surface area contributed by atoms with Crippen LogP contribution in [0, 0.1) is 5.92 Å². The molecule has 0 radical (unpaired) electrons. The molecular weight excluding hydrogens is 284 g/mol. The fourth-order valence-corrected chi connectivity index (χ4v) is 3.91. The monoisotopic (exact) mass is 308 g/mol. The molecule has 2 saturated heterocycles. The van der Waals surface area contributed by atoms with E-state index < -0.39 is 0 Å². The van der Waals surface area contributed by atoms with E-state index in [1.807, 2.05) is 11.7 Å². The number of hydrogen-bond acceptors (Lipinski definition) is 5. The third-order valence-corrected chi connectivity index (χ3v) is 5.17. The molecule has 3 rings (SSSR count). The molecule has 1 aromatic rings. The molecule has 0 saturated carbocycles. The number of aromatic nitrogens is 1. The minimum atomic E-state index is 0.0434. The second kappa shape index (κ2) is 7.33. The Kier molecular flexibility index (Phi) is 5.22. The number of nitrogens with one attached hydrogen (secondary N) is 2. The molecule has 0 spiro atoms. The topological polar surface area (TPSA) is 57.3 Å². The molecule has 0 aliphatic carbocycles. The van der Waals surface area contributed by atoms with Crippen LogP contribution in [0.5, 0.6) is 0 Å². The molecule has 21 heavy (non-hydrogen) atoms.